The second-order valence-corrected chi connectivity index (χ2v) is 3.28. The van der Waals surface area contributed by atoms with Crippen LogP contribution in [-0.2, 0) is 11.2 Å². The van der Waals surface area contributed by atoms with Gasteiger partial charge in [0.25, 0.3) is 0 Å². The van der Waals surface area contributed by atoms with E-state index in [1.165, 1.54) is 0 Å². The highest BCUT2D eigenvalue weighted by Gasteiger charge is 2.04. The molecule has 4 nitrogen and oxygen atoms in total. The zero-order valence-corrected chi connectivity index (χ0v) is 9.73. The molecule has 0 fully saturated rings. The first-order valence-electron chi connectivity index (χ1n) is 5.21. The lowest BCUT2D eigenvalue weighted by molar-refractivity contribution is 0.0944. The summed E-state index contributed by atoms with van der Waals surface area (Å²) >= 11 is 0. The maximum atomic E-state index is 8.55. The maximum Gasteiger partial charge on any atom is 0.160 e. The van der Waals surface area contributed by atoms with Gasteiger partial charge in [0.1, 0.15) is 0 Å². The van der Waals surface area contributed by atoms with Crippen LogP contribution >= 0.6 is 0 Å². The van der Waals surface area contributed by atoms with Gasteiger partial charge in [-0.2, -0.15) is 0 Å². The fraction of sp³-hybridized carbons (Fsp3) is 0.500. The van der Waals surface area contributed by atoms with Crippen molar-refractivity contribution in [1.82, 2.24) is 0 Å². The molecule has 0 unspecified atom stereocenters. The Morgan fingerprint density at radius 1 is 1.06 bits per heavy atom. The van der Waals surface area contributed by atoms with Crippen LogP contribution < -0.4 is 9.47 Å². The van der Waals surface area contributed by atoms with Crippen molar-refractivity contribution in [3.8, 4) is 11.5 Å². The molecule has 1 aromatic rings. The minimum Gasteiger partial charge on any atom is -0.493 e. The molecule has 0 atom stereocenters. The van der Waals surface area contributed by atoms with E-state index in [-0.39, 0.29) is 6.61 Å². The summed E-state index contributed by atoms with van der Waals surface area (Å²) in [5, 5.41) is 8.55. The first-order chi connectivity index (χ1) is 7.81. The number of hydrogen-bond donors (Lipinski definition) is 1. The Hall–Kier alpha value is -1.26. The number of ether oxygens (including phenoxy) is 3. The van der Waals surface area contributed by atoms with Crippen molar-refractivity contribution in [2.45, 2.75) is 6.42 Å². The summed E-state index contributed by atoms with van der Waals surface area (Å²) in [6, 6.07) is 5.78. The summed E-state index contributed by atoms with van der Waals surface area (Å²) in [7, 11) is 3.23. The van der Waals surface area contributed by atoms with E-state index >= 15 is 0 Å². The fourth-order valence-electron chi connectivity index (χ4n) is 1.39. The van der Waals surface area contributed by atoms with Gasteiger partial charge in [-0.1, -0.05) is 6.07 Å². The summed E-state index contributed by atoms with van der Waals surface area (Å²) < 4.78 is 15.5. The van der Waals surface area contributed by atoms with Crippen molar-refractivity contribution in [2.75, 3.05) is 34.0 Å². The lowest BCUT2D eigenvalue weighted by Gasteiger charge is -2.09. The molecule has 1 N–H and O–H groups in total. The zero-order chi connectivity index (χ0) is 11.8. The fourth-order valence-corrected chi connectivity index (χ4v) is 1.39. The molecule has 90 valence electrons. The Balaban J connectivity index is 2.54. The molecule has 1 aromatic carbocycles. The maximum absolute atomic E-state index is 8.55. The van der Waals surface area contributed by atoms with Gasteiger partial charge in [0.05, 0.1) is 34.0 Å². The smallest absolute Gasteiger partial charge is 0.160 e. The lowest BCUT2D eigenvalue weighted by atomic mass is 10.1. The van der Waals surface area contributed by atoms with Crippen LogP contribution in [0.2, 0.25) is 0 Å². The summed E-state index contributed by atoms with van der Waals surface area (Å²) in [4.78, 5) is 0. The molecular weight excluding hydrogens is 208 g/mol. The van der Waals surface area contributed by atoms with Crippen molar-refractivity contribution in [1.29, 1.82) is 0 Å². The van der Waals surface area contributed by atoms with Crippen LogP contribution in [-0.4, -0.2) is 39.1 Å². The molecular formula is C12H18O4. The van der Waals surface area contributed by atoms with Crippen LogP contribution in [0.15, 0.2) is 18.2 Å². The molecule has 4 heteroatoms. The van der Waals surface area contributed by atoms with Crippen molar-refractivity contribution in [3.05, 3.63) is 23.8 Å². The molecule has 0 aliphatic carbocycles. The molecule has 0 aromatic heterocycles. The predicted molar refractivity (Wildman–Crippen MR) is 61.2 cm³/mol. The van der Waals surface area contributed by atoms with Crippen LogP contribution in [0.3, 0.4) is 0 Å². The van der Waals surface area contributed by atoms with Crippen molar-refractivity contribution >= 4 is 0 Å². The summed E-state index contributed by atoms with van der Waals surface area (Å²) in [6.45, 7) is 1.04. The molecule has 16 heavy (non-hydrogen) atoms. The molecule has 0 saturated heterocycles. The van der Waals surface area contributed by atoms with Crippen molar-refractivity contribution in [3.63, 3.8) is 0 Å². The highest BCUT2D eigenvalue weighted by atomic mass is 16.5. The van der Waals surface area contributed by atoms with Gasteiger partial charge in [-0.05, 0) is 24.1 Å². The third-order valence-corrected chi connectivity index (χ3v) is 2.22. The van der Waals surface area contributed by atoms with Gasteiger partial charge in [0.15, 0.2) is 11.5 Å². The molecule has 0 aliphatic rings. The second-order valence-electron chi connectivity index (χ2n) is 3.28. The Bertz CT molecular complexity index is 312. The van der Waals surface area contributed by atoms with Gasteiger partial charge in [0.2, 0.25) is 0 Å². The quantitative estimate of drug-likeness (QED) is 0.711. The van der Waals surface area contributed by atoms with E-state index in [4.69, 9.17) is 19.3 Å². The largest absolute Gasteiger partial charge is 0.493 e. The number of hydrogen-bond acceptors (Lipinski definition) is 4. The zero-order valence-electron chi connectivity index (χ0n) is 9.73. The molecule has 0 saturated carbocycles. The van der Waals surface area contributed by atoms with E-state index in [0.29, 0.717) is 13.2 Å². The Morgan fingerprint density at radius 3 is 2.44 bits per heavy atom. The summed E-state index contributed by atoms with van der Waals surface area (Å²) in [5.74, 6) is 1.45. The monoisotopic (exact) mass is 226 g/mol. The molecule has 0 aliphatic heterocycles. The van der Waals surface area contributed by atoms with Gasteiger partial charge in [-0.3, -0.25) is 0 Å². The SMILES string of the molecule is COc1ccc(CCOCCO)cc1OC. The minimum atomic E-state index is 0.0614. The summed E-state index contributed by atoms with van der Waals surface area (Å²) in [6.07, 6.45) is 0.792. The number of rotatable bonds is 7. The third-order valence-electron chi connectivity index (χ3n) is 2.22. The number of benzene rings is 1. The minimum absolute atomic E-state index is 0.0614. The van der Waals surface area contributed by atoms with Crippen LogP contribution in [0.4, 0.5) is 0 Å². The second kappa shape index (κ2) is 7.09. The van der Waals surface area contributed by atoms with Gasteiger partial charge in [-0.25, -0.2) is 0 Å². The predicted octanol–water partition coefficient (Wildman–Crippen LogP) is 1.26. The van der Waals surface area contributed by atoms with Gasteiger partial charge >= 0.3 is 0 Å². The van der Waals surface area contributed by atoms with Crippen LogP contribution in [0.1, 0.15) is 5.56 Å². The summed E-state index contributed by atoms with van der Waals surface area (Å²) in [5.41, 5.74) is 1.12. The van der Waals surface area contributed by atoms with E-state index in [1.807, 2.05) is 18.2 Å². The topological polar surface area (TPSA) is 47.9 Å². The van der Waals surface area contributed by atoms with Gasteiger partial charge in [0, 0.05) is 0 Å². The molecule has 0 spiro atoms. The van der Waals surface area contributed by atoms with Crippen LogP contribution in [0.5, 0.6) is 11.5 Å². The lowest BCUT2D eigenvalue weighted by Crippen LogP contribution is -2.03. The van der Waals surface area contributed by atoms with E-state index in [9.17, 15) is 0 Å². The Kier molecular flexibility index (Phi) is 5.67. The normalized spacial score (nSPS) is 10.2. The first kappa shape index (κ1) is 12.8. The average Bonchev–Trinajstić information content (AvgIpc) is 2.34. The van der Waals surface area contributed by atoms with Crippen molar-refractivity contribution < 1.29 is 19.3 Å². The van der Waals surface area contributed by atoms with Gasteiger partial charge in [-0.15, -0.1) is 0 Å². The van der Waals surface area contributed by atoms with Crippen LogP contribution in [0, 0.1) is 0 Å². The van der Waals surface area contributed by atoms with E-state index < -0.39 is 0 Å². The Morgan fingerprint density at radius 2 is 1.81 bits per heavy atom. The Labute approximate surface area is 95.8 Å². The highest BCUT2D eigenvalue weighted by Crippen LogP contribution is 2.27. The van der Waals surface area contributed by atoms with E-state index in [1.54, 1.807) is 14.2 Å². The molecule has 0 radical (unpaired) electrons. The highest BCUT2D eigenvalue weighted by molar-refractivity contribution is 5.42. The first-order valence-corrected chi connectivity index (χ1v) is 5.21. The van der Waals surface area contributed by atoms with E-state index in [0.717, 1.165) is 23.5 Å². The standard InChI is InChI=1S/C12H18O4/c1-14-11-4-3-10(9-12(11)15-2)5-7-16-8-6-13/h3-4,9,13H,5-8H2,1-2H3. The van der Waals surface area contributed by atoms with E-state index in [2.05, 4.69) is 0 Å². The third kappa shape index (κ3) is 3.72. The molecule has 0 bridgehead atoms. The molecule has 1 rings (SSSR count). The van der Waals surface area contributed by atoms with Crippen LogP contribution in [0.25, 0.3) is 0 Å². The molecule has 0 heterocycles. The molecule has 0 amide bonds. The average molecular weight is 226 g/mol. The number of methoxy groups -OCH3 is 2. The number of aliphatic hydroxyl groups is 1. The van der Waals surface area contributed by atoms with Gasteiger partial charge < -0.3 is 19.3 Å². The van der Waals surface area contributed by atoms with Crippen molar-refractivity contribution in [2.24, 2.45) is 0 Å². The number of aliphatic hydroxyl groups excluding tert-OH is 1.